The molecule has 90 valence electrons. The first kappa shape index (κ1) is 12.7. The SMILES string of the molecule is C=CCNC(=O)CCC(=O)N1CCNCC1. The Balaban J connectivity index is 2.18. The van der Waals surface area contributed by atoms with E-state index in [1.165, 1.54) is 0 Å². The summed E-state index contributed by atoms with van der Waals surface area (Å²) in [6.07, 6.45) is 2.18. The van der Waals surface area contributed by atoms with Crippen LogP contribution in [-0.2, 0) is 9.59 Å². The number of nitrogens with zero attached hydrogens (tertiary/aromatic N) is 1. The van der Waals surface area contributed by atoms with Gasteiger partial charge in [-0.1, -0.05) is 6.08 Å². The van der Waals surface area contributed by atoms with Gasteiger partial charge in [-0.05, 0) is 0 Å². The highest BCUT2D eigenvalue weighted by Gasteiger charge is 2.16. The molecule has 1 aliphatic rings. The summed E-state index contributed by atoms with van der Waals surface area (Å²) in [6, 6.07) is 0. The molecule has 2 amide bonds. The van der Waals surface area contributed by atoms with Crippen LogP contribution in [0, 0.1) is 0 Å². The van der Waals surface area contributed by atoms with E-state index >= 15 is 0 Å². The number of amides is 2. The first-order valence-electron chi connectivity index (χ1n) is 5.60. The molecule has 5 heteroatoms. The monoisotopic (exact) mass is 225 g/mol. The van der Waals surface area contributed by atoms with Gasteiger partial charge in [0, 0.05) is 45.6 Å². The Hall–Kier alpha value is -1.36. The molecule has 0 spiro atoms. The van der Waals surface area contributed by atoms with Gasteiger partial charge in [-0.3, -0.25) is 9.59 Å². The maximum Gasteiger partial charge on any atom is 0.223 e. The Morgan fingerprint density at radius 1 is 1.31 bits per heavy atom. The number of hydrogen-bond acceptors (Lipinski definition) is 3. The van der Waals surface area contributed by atoms with Crippen molar-refractivity contribution >= 4 is 11.8 Å². The van der Waals surface area contributed by atoms with Gasteiger partial charge in [0.2, 0.25) is 11.8 Å². The summed E-state index contributed by atoms with van der Waals surface area (Å²) in [5.74, 6) is -0.0290. The minimum absolute atomic E-state index is 0.0650. The molecule has 1 saturated heterocycles. The summed E-state index contributed by atoms with van der Waals surface area (Å²) in [5, 5.41) is 5.83. The molecule has 1 heterocycles. The lowest BCUT2D eigenvalue weighted by atomic mass is 10.2. The molecule has 0 aromatic rings. The first-order valence-corrected chi connectivity index (χ1v) is 5.60. The van der Waals surface area contributed by atoms with Crippen molar-refractivity contribution in [2.75, 3.05) is 32.7 Å². The molecule has 0 atom stereocenters. The van der Waals surface area contributed by atoms with Crippen LogP contribution in [0.15, 0.2) is 12.7 Å². The second-order valence-electron chi connectivity index (χ2n) is 3.72. The fraction of sp³-hybridized carbons (Fsp3) is 0.636. The van der Waals surface area contributed by atoms with Gasteiger partial charge in [-0.2, -0.15) is 0 Å². The Labute approximate surface area is 95.9 Å². The zero-order valence-electron chi connectivity index (χ0n) is 9.50. The van der Waals surface area contributed by atoms with Crippen molar-refractivity contribution in [3.63, 3.8) is 0 Å². The third kappa shape index (κ3) is 4.44. The molecule has 0 aromatic heterocycles. The molecule has 1 fully saturated rings. The topological polar surface area (TPSA) is 61.4 Å². The van der Waals surface area contributed by atoms with Gasteiger partial charge >= 0.3 is 0 Å². The zero-order valence-corrected chi connectivity index (χ0v) is 9.50. The molecule has 0 aliphatic carbocycles. The number of piperazine rings is 1. The van der Waals surface area contributed by atoms with Crippen molar-refractivity contribution in [1.29, 1.82) is 0 Å². The molecular formula is C11H19N3O2. The van der Waals surface area contributed by atoms with Gasteiger partial charge in [-0.25, -0.2) is 0 Å². The van der Waals surface area contributed by atoms with E-state index in [0.717, 1.165) is 26.2 Å². The number of hydrogen-bond donors (Lipinski definition) is 2. The van der Waals surface area contributed by atoms with E-state index in [-0.39, 0.29) is 18.2 Å². The van der Waals surface area contributed by atoms with Crippen molar-refractivity contribution in [3.05, 3.63) is 12.7 Å². The van der Waals surface area contributed by atoms with Crippen LogP contribution in [0.5, 0.6) is 0 Å². The van der Waals surface area contributed by atoms with Crippen LogP contribution in [0.25, 0.3) is 0 Å². The average molecular weight is 225 g/mol. The molecule has 1 aliphatic heterocycles. The Morgan fingerprint density at radius 2 is 2.00 bits per heavy atom. The van der Waals surface area contributed by atoms with Crippen LogP contribution < -0.4 is 10.6 Å². The van der Waals surface area contributed by atoms with E-state index in [1.807, 2.05) is 0 Å². The molecule has 0 unspecified atom stereocenters. The minimum atomic E-state index is -0.0941. The molecular weight excluding hydrogens is 206 g/mol. The molecule has 16 heavy (non-hydrogen) atoms. The molecule has 1 rings (SSSR count). The second-order valence-corrected chi connectivity index (χ2v) is 3.72. The lowest BCUT2D eigenvalue weighted by Crippen LogP contribution is -2.46. The lowest BCUT2D eigenvalue weighted by molar-refractivity contribution is -0.134. The number of nitrogens with one attached hydrogen (secondary N) is 2. The summed E-state index contributed by atoms with van der Waals surface area (Å²) >= 11 is 0. The van der Waals surface area contributed by atoms with E-state index in [4.69, 9.17) is 0 Å². The predicted molar refractivity (Wildman–Crippen MR) is 61.9 cm³/mol. The molecule has 0 saturated carbocycles. The standard InChI is InChI=1S/C11H19N3O2/c1-2-5-13-10(15)3-4-11(16)14-8-6-12-7-9-14/h2,12H,1,3-9H2,(H,13,15). The summed E-state index contributed by atoms with van der Waals surface area (Å²) in [6.45, 7) is 7.13. The number of rotatable bonds is 5. The van der Waals surface area contributed by atoms with Crippen molar-refractivity contribution in [2.45, 2.75) is 12.8 Å². The molecule has 0 radical (unpaired) electrons. The van der Waals surface area contributed by atoms with Gasteiger partial charge in [0.25, 0.3) is 0 Å². The summed E-state index contributed by atoms with van der Waals surface area (Å²) in [7, 11) is 0. The first-order chi connectivity index (χ1) is 7.74. The van der Waals surface area contributed by atoms with Crippen molar-refractivity contribution in [3.8, 4) is 0 Å². The summed E-state index contributed by atoms with van der Waals surface area (Å²) in [5.41, 5.74) is 0. The largest absolute Gasteiger partial charge is 0.353 e. The van der Waals surface area contributed by atoms with E-state index in [2.05, 4.69) is 17.2 Å². The third-order valence-electron chi connectivity index (χ3n) is 2.48. The van der Waals surface area contributed by atoms with Crippen molar-refractivity contribution < 1.29 is 9.59 Å². The fourth-order valence-corrected chi connectivity index (χ4v) is 1.57. The Bertz CT molecular complexity index is 260. The fourth-order valence-electron chi connectivity index (χ4n) is 1.57. The Kier molecular flexibility index (Phi) is 5.56. The molecule has 0 bridgehead atoms. The summed E-state index contributed by atoms with van der Waals surface area (Å²) < 4.78 is 0. The van der Waals surface area contributed by atoms with Gasteiger partial charge in [0.1, 0.15) is 0 Å². The molecule has 2 N–H and O–H groups in total. The summed E-state index contributed by atoms with van der Waals surface area (Å²) in [4.78, 5) is 24.7. The van der Waals surface area contributed by atoms with E-state index in [9.17, 15) is 9.59 Å². The van der Waals surface area contributed by atoms with E-state index in [1.54, 1.807) is 11.0 Å². The number of carbonyl (C=O) groups is 2. The van der Waals surface area contributed by atoms with Gasteiger partial charge in [0.05, 0.1) is 0 Å². The molecule has 5 nitrogen and oxygen atoms in total. The molecule has 0 aromatic carbocycles. The second kappa shape index (κ2) is 7.00. The average Bonchev–Trinajstić information content (AvgIpc) is 2.34. The normalized spacial score (nSPS) is 15.6. The lowest BCUT2D eigenvalue weighted by Gasteiger charge is -2.27. The van der Waals surface area contributed by atoms with Crippen LogP contribution in [0.1, 0.15) is 12.8 Å². The van der Waals surface area contributed by atoms with Crippen LogP contribution in [0.2, 0.25) is 0 Å². The van der Waals surface area contributed by atoms with Gasteiger partial charge in [0.15, 0.2) is 0 Å². The zero-order chi connectivity index (χ0) is 11.8. The van der Waals surface area contributed by atoms with Crippen LogP contribution >= 0.6 is 0 Å². The quantitative estimate of drug-likeness (QED) is 0.620. The highest BCUT2D eigenvalue weighted by atomic mass is 16.2. The van der Waals surface area contributed by atoms with Crippen LogP contribution in [-0.4, -0.2) is 49.4 Å². The third-order valence-corrected chi connectivity index (χ3v) is 2.48. The van der Waals surface area contributed by atoms with Crippen molar-refractivity contribution in [2.24, 2.45) is 0 Å². The minimum Gasteiger partial charge on any atom is -0.353 e. The smallest absolute Gasteiger partial charge is 0.223 e. The predicted octanol–water partition coefficient (Wildman–Crippen LogP) is -0.499. The number of carbonyl (C=O) groups excluding carboxylic acids is 2. The van der Waals surface area contributed by atoms with E-state index < -0.39 is 0 Å². The van der Waals surface area contributed by atoms with E-state index in [0.29, 0.717) is 13.0 Å². The van der Waals surface area contributed by atoms with Gasteiger partial charge in [-0.15, -0.1) is 6.58 Å². The maximum atomic E-state index is 11.7. The highest BCUT2D eigenvalue weighted by molar-refractivity contribution is 5.83. The Morgan fingerprint density at radius 3 is 2.62 bits per heavy atom. The highest BCUT2D eigenvalue weighted by Crippen LogP contribution is 1.99. The van der Waals surface area contributed by atoms with Crippen LogP contribution in [0.4, 0.5) is 0 Å². The van der Waals surface area contributed by atoms with Gasteiger partial charge < -0.3 is 15.5 Å². The maximum absolute atomic E-state index is 11.7. The van der Waals surface area contributed by atoms with Crippen LogP contribution in [0.3, 0.4) is 0 Å². The van der Waals surface area contributed by atoms with Crippen molar-refractivity contribution in [1.82, 2.24) is 15.5 Å².